The first-order valence-corrected chi connectivity index (χ1v) is 5.58. The van der Waals surface area contributed by atoms with E-state index in [9.17, 15) is 0 Å². The van der Waals surface area contributed by atoms with Crippen LogP contribution in [0.15, 0.2) is 0 Å². The summed E-state index contributed by atoms with van der Waals surface area (Å²) in [6.45, 7) is 3.87. The van der Waals surface area contributed by atoms with Crippen LogP contribution in [0.4, 0.5) is 0 Å². The van der Waals surface area contributed by atoms with E-state index in [0.717, 1.165) is 12.8 Å². The molecule has 78 valence electrons. The highest BCUT2D eigenvalue weighted by Crippen LogP contribution is 2.22. The van der Waals surface area contributed by atoms with Crippen LogP contribution in [-0.2, 0) is 9.78 Å². The molecule has 0 unspecified atom stereocenters. The van der Waals surface area contributed by atoms with Crippen LogP contribution in [0.5, 0.6) is 0 Å². The molecule has 0 N–H and O–H groups in total. The van der Waals surface area contributed by atoms with E-state index in [1.54, 1.807) is 0 Å². The maximum atomic E-state index is 5.71. The fourth-order valence-corrected chi connectivity index (χ4v) is 1.43. The smallest absolute Gasteiger partial charge is 0.111 e. The molecule has 0 bridgehead atoms. The van der Waals surface area contributed by atoms with Crippen molar-refractivity contribution >= 4 is 11.6 Å². The Morgan fingerprint density at radius 1 is 1.23 bits per heavy atom. The average Bonchev–Trinajstić information content (AvgIpc) is 2.17. The van der Waals surface area contributed by atoms with Gasteiger partial charge in [-0.25, -0.2) is 9.78 Å². The number of hydrogen-bond acceptors (Lipinski definition) is 2. The fraction of sp³-hybridized carbons (Fsp3) is 1.00. The highest BCUT2D eigenvalue weighted by Gasteiger charge is 2.22. The minimum atomic E-state index is -0.362. The third-order valence-electron chi connectivity index (χ3n) is 2.28. The summed E-state index contributed by atoms with van der Waals surface area (Å²) < 4.78 is 0. The van der Waals surface area contributed by atoms with Gasteiger partial charge in [-0.05, 0) is 26.7 Å². The molecule has 1 fully saturated rings. The first kappa shape index (κ1) is 11.3. The predicted molar refractivity (Wildman–Crippen MR) is 53.8 cm³/mol. The van der Waals surface area contributed by atoms with Crippen molar-refractivity contribution in [2.75, 3.05) is 5.88 Å². The second-order valence-electron chi connectivity index (χ2n) is 4.33. The summed E-state index contributed by atoms with van der Waals surface area (Å²) in [5, 5.41) is 0. The van der Waals surface area contributed by atoms with E-state index in [-0.39, 0.29) is 11.7 Å². The summed E-state index contributed by atoms with van der Waals surface area (Å²) in [6.07, 6.45) is 6.39. The average molecular weight is 207 g/mol. The van der Waals surface area contributed by atoms with Gasteiger partial charge in [-0.2, -0.15) is 0 Å². The van der Waals surface area contributed by atoms with E-state index in [1.807, 2.05) is 13.8 Å². The van der Waals surface area contributed by atoms with Crippen LogP contribution in [0, 0.1) is 0 Å². The van der Waals surface area contributed by atoms with Crippen molar-refractivity contribution in [1.29, 1.82) is 0 Å². The standard InChI is InChI=1S/C10H19ClO2/c1-10(2,8-11)13-12-9-6-4-3-5-7-9/h9H,3-8H2,1-2H3. The van der Waals surface area contributed by atoms with E-state index >= 15 is 0 Å². The SMILES string of the molecule is CC(C)(CCl)OOC1CCCCC1. The largest absolute Gasteiger partial charge is 0.233 e. The Labute approximate surface area is 85.5 Å². The normalized spacial score (nSPS) is 20.5. The Balaban J connectivity index is 2.17. The van der Waals surface area contributed by atoms with E-state index in [4.69, 9.17) is 21.4 Å². The fourth-order valence-electron chi connectivity index (χ4n) is 1.38. The predicted octanol–water partition coefficient (Wildman–Crippen LogP) is 3.28. The van der Waals surface area contributed by atoms with Gasteiger partial charge in [0.15, 0.2) is 0 Å². The molecule has 0 saturated heterocycles. The molecule has 2 nitrogen and oxygen atoms in total. The van der Waals surface area contributed by atoms with Gasteiger partial charge in [0.2, 0.25) is 0 Å². The van der Waals surface area contributed by atoms with Crippen molar-refractivity contribution in [2.45, 2.75) is 57.7 Å². The lowest BCUT2D eigenvalue weighted by molar-refractivity contribution is -0.375. The Bertz CT molecular complexity index is 142. The van der Waals surface area contributed by atoms with Gasteiger partial charge in [0, 0.05) is 0 Å². The molecule has 13 heavy (non-hydrogen) atoms. The molecule has 1 aliphatic rings. The molecule has 1 rings (SSSR count). The van der Waals surface area contributed by atoms with Gasteiger partial charge in [-0.15, -0.1) is 11.6 Å². The third-order valence-corrected chi connectivity index (χ3v) is 2.93. The Morgan fingerprint density at radius 3 is 2.38 bits per heavy atom. The van der Waals surface area contributed by atoms with Gasteiger partial charge in [-0.1, -0.05) is 19.3 Å². The molecule has 0 heterocycles. The lowest BCUT2D eigenvalue weighted by Crippen LogP contribution is -2.30. The second kappa shape index (κ2) is 5.18. The van der Waals surface area contributed by atoms with Crippen molar-refractivity contribution in [1.82, 2.24) is 0 Å². The number of hydrogen-bond donors (Lipinski definition) is 0. The van der Waals surface area contributed by atoms with Crippen LogP contribution in [-0.4, -0.2) is 17.6 Å². The van der Waals surface area contributed by atoms with Gasteiger partial charge in [-0.3, -0.25) is 0 Å². The molecule has 0 aromatic rings. The molecular formula is C10H19ClO2. The Morgan fingerprint density at radius 2 is 1.85 bits per heavy atom. The zero-order valence-corrected chi connectivity index (χ0v) is 9.27. The third kappa shape index (κ3) is 4.30. The zero-order chi connectivity index (χ0) is 9.73. The topological polar surface area (TPSA) is 18.5 Å². The molecule has 0 radical (unpaired) electrons. The molecule has 0 atom stereocenters. The summed E-state index contributed by atoms with van der Waals surface area (Å²) in [5.74, 6) is 0.458. The molecule has 0 aromatic heterocycles. The Hall–Kier alpha value is 0.210. The molecule has 1 saturated carbocycles. The number of halogens is 1. The molecule has 0 aliphatic heterocycles. The van der Waals surface area contributed by atoms with E-state index in [0.29, 0.717) is 5.88 Å². The monoisotopic (exact) mass is 206 g/mol. The van der Waals surface area contributed by atoms with Crippen LogP contribution in [0.1, 0.15) is 46.0 Å². The van der Waals surface area contributed by atoms with Crippen molar-refractivity contribution in [3.63, 3.8) is 0 Å². The lowest BCUT2D eigenvalue weighted by Gasteiger charge is -2.26. The Kier molecular flexibility index (Phi) is 4.50. The van der Waals surface area contributed by atoms with Crippen molar-refractivity contribution in [2.24, 2.45) is 0 Å². The van der Waals surface area contributed by atoms with Crippen LogP contribution in [0.25, 0.3) is 0 Å². The van der Waals surface area contributed by atoms with E-state index < -0.39 is 0 Å². The molecular weight excluding hydrogens is 188 g/mol. The van der Waals surface area contributed by atoms with Crippen LogP contribution < -0.4 is 0 Å². The molecule has 0 amide bonds. The van der Waals surface area contributed by atoms with Crippen molar-refractivity contribution in [3.05, 3.63) is 0 Å². The maximum absolute atomic E-state index is 5.71. The highest BCUT2D eigenvalue weighted by molar-refractivity contribution is 6.18. The van der Waals surface area contributed by atoms with Gasteiger partial charge in [0.25, 0.3) is 0 Å². The summed E-state index contributed by atoms with van der Waals surface area (Å²) in [7, 11) is 0. The first-order valence-electron chi connectivity index (χ1n) is 5.04. The zero-order valence-electron chi connectivity index (χ0n) is 8.51. The van der Waals surface area contributed by atoms with Crippen molar-refractivity contribution in [3.8, 4) is 0 Å². The molecule has 1 aliphatic carbocycles. The van der Waals surface area contributed by atoms with E-state index in [1.165, 1.54) is 19.3 Å². The van der Waals surface area contributed by atoms with E-state index in [2.05, 4.69) is 0 Å². The quantitative estimate of drug-likeness (QED) is 0.399. The summed E-state index contributed by atoms with van der Waals surface area (Å²) in [5.41, 5.74) is -0.362. The van der Waals surface area contributed by atoms with Gasteiger partial charge in [0.05, 0.1) is 12.0 Å². The highest BCUT2D eigenvalue weighted by atomic mass is 35.5. The summed E-state index contributed by atoms with van der Waals surface area (Å²) in [6, 6.07) is 0. The van der Waals surface area contributed by atoms with Gasteiger partial charge < -0.3 is 0 Å². The van der Waals surface area contributed by atoms with Gasteiger partial charge >= 0.3 is 0 Å². The minimum absolute atomic E-state index is 0.288. The second-order valence-corrected chi connectivity index (χ2v) is 4.60. The molecule has 3 heteroatoms. The van der Waals surface area contributed by atoms with Gasteiger partial charge in [0.1, 0.15) is 5.60 Å². The minimum Gasteiger partial charge on any atom is -0.233 e. The van der Waals surface area contributed by atoms with Crippen LogP contribution >= 0.6 is 11.6 Å². The maximum Gasteiger partial charge on any atom is 0.111 e. The van der Waals surface area contributed by atoms with Crippen LogP contribution in [0.3, 0.4) is 0 Å². The van der Waals surface area contributed by atoms with Crippen molar-refractivity contribution < 1.29 is 9.78 Å². The molecule has 0 aromatic carbocycles. The number of rotatable bonds is 4. The first-order chi connectivity index (χ1) is 6.14. The summed E-state index contributed by atoms with van der Waals surface area (Å²) in [4.78, 5) is 10.6. The lowest BCUT2D eigenvalue weighted by atomic mass is 9.98. The van der Waals surface area contributed by atoms with Crippen LogP contribution in [0.2, 0.25) is 0 Å². The summed E-state index contributed by atoms with van der Waals surface area (Å²) >= 11 is 5.71. The molecule has 0 spiro atoms. The number of alkyl halides is 1.